The summed E-state index contributed by atoms with van der Waals surface area (Å²) in [7, 11) is 0. The molecule has 2 aliphatic rings. The minimum atomic E-state index is -0.363. The van der Waals surface area contributed by atoms with Crippen LogP contribution in [-0.2, 0) is 11.2 Å². The van der Waals surface area contributed by atoms with Crippen LogP contribution >= 0.6 is 0 Å². The summed E-state index contributed by atoms with van der Waals surface area (Å²) in [5.74, 6) is 0.0796. The zero-order chi connectivity index (χ0) is 17.4. The van der Waals surface area contributed by atoms with Crippen LogP contribution in [-0.4, -0.2) is 17.2 Å². The average Bonchev–Trinajstić information content (AvgIpc) is 2.56. The molecule has 0 aromatic heterocycles. The molecule has 3 atom stereocenters. The van der Waals surface area contributed by atoms with Crippen molar-refractivity contribution < 1.29 is 19.0 Å². The Morgan fingerprint density at radius 2 is 1.79 bits per heavy atom. The Morgan fingerprint density at radius 3 is 2.42 bits per heavy atom. The number of hydrogen-bond donors (Lipinski definition) is 1. The number of rotatable bonds is 3. The van der Waals surface area contributed by atoms with E-state index >= 15 is 0 Å². The van der Waals surface area contributed by atoms with Gasteiger partial charge >= 0.3 is 5.97 Å². The highest BCUT2D eigenvalue weighted by molar-refractivity contribution is 5.77. The second-order valence-electron chi connectivity index (χ2n) is 7.69. The van der Waals surface area contributed by atoms with Crippen LogP contribution in [0, 0.1) is 23.6 Å². The number of carbonyl (C=O) groups excluding carboxylic acids is 1. The summed E-state index contributed by atoms with van der Waals surface area (Å²) in [6, 6.07) is 3.78. The molecule has 1 aromatic carbocycles. The summed E-state index contributed by atoms with van der Waals surface area (Å²) in [5.41, 5.74) is 1.44. The highest BCUT2D eigenvalue weighted by Crippen LogP contribution is 2.42. The standard InChI is InChI=1S/C20H27FO3/c1-11-10-16-8-9-17(18(21)19(16)24-20(11)23)12(2)14-4-6-15(7-5-14)13(3)22/h8-9,11-15,22H,4-7,10H2,1-3H3. The molecule has 0 bridgehead atoms. The van der Waals surface area contributed by atoms with Gasteiger partial charge in [0, 0.05) is 0 Å². The Bertz CT molecular complexity index is 618. The molecule has 1 aromatic rings. The Kier molecular flexibility index (Phi) is 4.95. The van der Waals surface area contributed by atoms with Gasteiger partial charge in [-0.3, -0.25) is 4.79 Å². The van der Waals surface area contributed by atoms with Crippen molar-refractivity contribution >= 4 is 5.97 Å². The van der Waals surface area contributed by atoms with E-state index in [1.54, 1.807) is 6.92 Å². The maximum atomic E-state index is 14.9. The first-order valence-corrected chi connectivity index (χ1v) is 9.09. The van der Waals surface area contributed by atoms with Gasteiger partial charge in [-0.2, -0.15) is 0 Å². The first kappa shape index (κ1) is 17.4. The maximum absolute atomic E-state index is 14.9. The van der Waals surface area contributed by atoms with Crippen molar-refractivity contribution in [1.82, 2.24) is 0 Å². The lowest BCUT2D eigenvalue weighted by molar-refractivity contribution is -0.139. The first-order valence-electron chi connectivity index (χ1n) is 9.09. The zero-order valence-corrected chi connectivity index (χ0v) is 14.7. The van der Waals surface area contributed by atoms with Gasteiger partial charge in [0.05, 0.1) is 12.0 Å². The molecule has 0 amide bonds. The highest BCUT2D eigenvalue weighted by atomic mass is 19.1. The highest BCUT2D eigenvalue weighted by Gasteiger charge is 2.33. The van der Waals surface area contributed by atoms with Gasteiger partial charge in [-0.15, -0.1) is 0 Å². The Morgan fingerprint density at radius 1 is 1.17 bits per heavy atom. The van der Waals surface area contributed by atoms with Gasteiger partial charge in [0.1, 0.15) is 0 Å². The molecule has 1 saturated carbocycles. The van der Waals surface area contributed by atoms with Crippen molar-refractivity contribution in [2.45, 2.75) is 64.9 Å². The first-order chi connectivity index (χ1) is 11.4. The van der Waals surface area contributed by atoms with E-state index in [0.29, 0.717) is 23.8 Å². The number of halogens is 1. The molecule has 3 nitrogen and oxygen atoms in total. The van der Waals surface area contributed by atoms with E-state index in [2.05, 4.69) is 6.92 Å². The number of fused-ring (bicyclic) bond motifs is 1. The minimum absolute atomic E-state index is 0.0864. The fourth-order valence-corrected chi connectivity index (χ4v) is 4.23. The molecular formula is C20H27FO3. The number of benzene rings is 1. The second kappa shape index (κ2) is 6.83. The molecule has 4 heteroatoms. The summed E-state index contributed by atoms with van der Waals surface area (Å²) in [6.45, 7) is 5.72. The van der Waals surface area contributed by atoms with Crippen LogP contribution in [0.15, 0.2) is 12.1 Å². The third-order valence-corrected chi connectivity index (χ3v) is 6.04. The van der Waals surface area contributed by atoms with Gasteiger partial charge < -0.3 is 9.84 Å². The molecular weight excluding hydrogens is 307 g/mol. The van der Waals surface area contributed by atoms with Crippen LogP contribution in [0.1, 0.15) is 63.5 Å². The van der Waals surface area contributed by atoms with Crippen molar-refractivity contribution in [3.63, 3.8) is 0 Å². The fourth-order valence-electron chi connectivity index (χ4n) is 4.23. The van der Waals surface area contributed by atoms with Gasteiger partial charge in [-0.1, -0.05) is 26.0 Å². The molecule has 3 unspecified atom stereocenters. The van der Waals surface area contributed by atoms with Gasteiger partial charge in [-0.25, -0.2) is 4.39 Å². The van der Waals surface area contributed by atoms with Crippen molar-refractivity contribution in [3.05, 3.63) is 29.1 Å². The van der Waals surface area contributed by atoms with Crippen molar-refractivity contribution in [2.24, 2.45) is 17.8 Å². The van der Waals surface area contributed by atoms with Crippen LogP contribution < -0.4 is 4.74 Å². The van der Waals surface area contributed by atoms with Crippen LogP contribution in [0.2, 0.25) is 0 Å². The Hall–Kier alpha value is -1.42. The molecule has 1 N–H and O–H groups in total. The Labute approximate surface area is 143 Å². The normalized spacial score (nSPS) is 29.5. The molecule has 132 valence electrons. The summed E-state index contributed by atoms with van der Waals surface area (Å²) in [4.78, 5) is 11.8. The fraction of sp³-hybridized carbons (Fsp3) is 0.650. The second-order valence-corrected chi connectivity index (χ2v) is 7.69. The number of aliphatic hydroxyl groups is 1. The largest absolute Gasteiger partial charge is 0.423 e. The monoisotopic (exact) mass is 334 g/mol. The molecule has 1 fully saturated rings. The van der Waals surface area contributed by atoms with Crippen LogP contribution in [0.3, 0.4) is 0 Å². The summed E-state index contributed by atoms with van der Waals surface area (Å²) < 4.78 is 20.2. The topological polar surface area (TPSA) is 46.5 Å². The van der Waals surface area contributed by atoms with Crippen molar-refractivity contribution in [2.75, 3.05) is 0 Å². The molecule has 1 aliphatic carbocycles. The van der Waals surface area contributed by atoms with Gasteiger partial charge in [-0.05, 0) is 67.9 Å². The predicted molar refractivity (Wildman–Crippen MR) is 90.4 cm³/mol. The van der Waals surface area contributed by atoms with E-state index in [1.807, 2.05) is 19.1 Å². The third kappa shape index (κ3) is 3.21. The van der Waals surface area contributed by atoms with Crippen molar-refractivity contribution in [1.29, 1.82) is 0 Å². The molecule has 1 aliphatic heterocycles. The number of ether oxygens (including phenoxy) is 1. The lowest BCUT2D eigenvalue weighted by Gasteiger charge is -2.34. The van der Waals surface area contributed by atoms with Crippen molar-refractivity contribution in [3.8, 4) is 5.75 Å². The van der Waals surface area contributed by atoms with Gasteiger partial charge in [0.2, 0.25) is 0 Å². The van der Waals surface area contributed by atoms with Gasteiger partial charge in [0.15, 0.2) is 11.6 Å². The van der Waals surface area contributed by atoms with E-state index in [-0.39, 0.29) is 35.5 Å². The summed E-state index contributed by atoms with van der Waals surface area (Å²) in [5, 5.41) is 9.73. The number of esters is 1. The number of carbonyl (C=O) groups is 1. The summed E-state index contributed by atoms with van der Waals surface area (Å²) in [6.07, 6.45) is 4.27. The molecule has 0 radical (unpaired) electrons. The molecule has 24 heavy (non-hydrogen) atoms. The van der Waals surface area contributed by atoms with Gasteiger partial charge in [0.25, 0.3) is 0 Å². The predicted octanol–water partition coefficient (Wildman–Crippen LogP) is 4.21. The Balaban J connectivity index is 1.78. The molecule has 1 heterocycles. The molecule has 3 rings (SSSR count). The third-order valence-electron chi connectivity index (χ3n) is 6.04. The van der Waals surface area contributed by atoms with E-state index in [4.69, 9.17) is 4.74 Å². The number of hydrogen-bond acceptors (Lipinski definition) is 3. The van der Waals surface area contributed by atoms with Crippen LogP contribution in [0.4, 0.5) is 4.39 Å². The van der Waals surface area contributed by atoms with E-state index in [9.17, 15) is 14.3 Å². The van der Waals surface area contributed by atoms with Crippen LogP contribution in [0.25, 0.3) is 0 Å². The number of aliphatic hydroxyl groups excluding tert-OH is 1. The lowest BCUT2D eigenvalue weighted by Crippen LogP contribution is -2.27. The van der Waals surface area contributed by atoms with E-state index in [0.717, 1.165) is 31.2 Å². The maximum Gasteiger partial charge on any atom is 0.314 e. The quantitative estimate of drug-likeness (QED) is 0.665. The van der Waals surface area contributed by atoms with Crippen LogP contribution in [0.5, 0.6) is 5.75 Å². The SMILES string of the molecule is CC1Cc2ccc(C(C)C3CCC(C(C)O)CC3)c(F)c2OC1=O. The zero-order valence-electron chi connectivity index (χ0n) is 14.7. The minimum Gasteiger partial charge on any atom is -0.423 e. The smallest absolute Gasteiger partial charge is 0.314 e. The molecule has 0 saturated heterocycles. The van der Waals surface area contributed by atoms with E-state index in [1.165, 1.54) is 0 Å². The average molecular weight is 334 g/mol. The van der Waals surface area contributed by atoms with E-state index < -0.39 is 0 Å². The lowest BCUT2D eigenvalue weighted by atomic mass is 9.73. The molecule has 0 spiro atoms. The summed E-state index contributed by atoms with van der Waals surface area (Å²) >= 11 is 0.